The van der Waals surface area contributed by atoms with E-state index in [1.54, 1.807) is 12.1 Å². The smallest absolute Gasteiger partial charge is 0.261 e. The van der Waals surface area contributed by atoms with E-state index in [4.69, 9.17) is 4.74 Å². The number of benzene rings is 1. The Morgan fingerprint density at radius 2 is 1.95 bits per heavy atom. The number of hydrogen-bond acceptors (Lipinski definition) is 5. The first-order valence-corrected chi connectivity index (χ1v) is 8.72. The van der Waals surface area contributed by atoms with Crippen LogP contribution in [0.5, 0.6) is 5.88 Å². The van der Waals surface area contributed by atoms with Gasteiger partial charge in [-0.15, -0.1) is 4.37 Å². The lowest BCUT2D eigenvalue weighted by Gasteiger charge is -2.26. The molecule has 0 spiro atoms. The molecule has 4 rings (SSSR count). The predicted molar refractivity (Wildman–Crippen MR) is 80.4 cm³/mol. The average Bonchev–Trinajstić information content (AvgIpc) is 3.19. The van der Waals surface area contributed by atoms with Gasteiger partial charge < -0.3 is 4.74 Å². The highest BCUT2D eigenvalue weighted by atomic mass is 32.2. The fourth-order valence-corrected chi connectivity index (χ4v) is 4.77. The highest BCUT2D eigenvalue weighted by Crippen LogP contribution is 2.50. The van der Waals surface area contributed by atoms with E-state index in [9.17, 15) is 4.39 Å². The summed E-state index contributed by atoms with van der Waals surface area (Å²) in [5.74, 6) is 1.26. The molecule has 0 N–H and O–H groups in total. The van der Waals surface area contributed by atoms with Gasteiger partial charge in [-0.3, -0.25) is 0 Å². The topological polar surface area (TPSA) is 35.0 Å². The van der Waals surface area contributed by atoms with E-state index >= 15 is 0 Å². The third-order valence-corrected chi connectivity index (χ3v) is 6.04. The number of halogens is 1. The summed E-state index contributed by atoms with van der Waals surface area (Å²) in [6.45, 7) is 0. The van der Waals surface area contributed by atoms with Gasteiger partial charge in [0.2, 0.25) is 0 Å². The number of ether oxygens (including phenoxy) is 1. The Bertz CT molecular complexity index is 635. The van der Waals surface area contributed by atoms with E-state index in [1.165, 1.54) is 48.5 Å². The molecule has 110 valence electrons. The van der Waals surface area contributed by atoms with Crippen molar-refractivity contribution < 1.29 is 9.13 Å². The molecule has 2 aliphatic carbocycles. The van der Waals surface area contributed by atoms with Crippen LogP contribution in [0.3, 0.4) is 0 Å². The molecule has 1 aromatic carbocycles. The lowest BCUT2D eigenvalue weighted by atomic mass is 9.97. The van der Waals surface area contributed by atoms with E-state index in [-0.39, 0.29) is 11.4 Å². The third-order valence-electron chi connectivity index (χ3n) is 4.45. The van der Waals surface area contributed by atoms with E-state index in [0.717, 1.165) is 35.1 Å². The van der Waals surface area contributed by atoms with Crippen molar-refractivity contribution in [2.45, 2.75) is 47.6 Å². The first kappa shape index (κ1) is 13.5. The van der Waals surface area contributed by atoms with E-state index in [1.807, 2.05) is 0 Å². The zero-order chi connectivity index (χ0) is 14.3. The van der Waals surface area contributed by atoms with Gasteiger partial charge in [-0.1, -0.05) is 11.8 Å². The standard InChI is InChI=1S/C15H15FN2OS2/c16-11-1-3-12(4-2-11)20-14-13(17-21-18-14)19-15-7-5-10(9-15)6-8-15/h1-4,10H,5-9H2. The van der Waals surface area contributed by atoms with E-state index in [0.29, 0.717) is 5.88 Å². The summed E-state index contributed by atoms with van der Waals surface area (Å²) in [6.07, 6.45) is 5.98. The molecule has 1 heterocycles. The van der Waals surface area contributed by atoms with Crippen molar-refractivity contribution in [3.8, 4) is 5.88 Å². The van der Waals surface area contributed by atoms with Gasteiger partial charge in [0, 0.05) is 4.90 Å². The van der Waals surface area contributed by atoms with Crippen molar-refractivity contribution in [2.24, 2.45) is 5.92 Å². The third kappa shape index (κ3) is 2.66. The lowest BCUT2D eigenvalue weighted by Crippen LogP contribution is -2.30. The van der Waals surface area contributed by atoms with Gasteiger partial charge in [-0.2, -0.15) is 4.37 Å². The molecule has 21 heavy (non-hydrogen) atoms. The van der Waals surface area contributed by atoms with Crippen LogP contribution in [0.25, 0.3) is 0 Å². The van der Waals surface area contributed by atoms with E-state index < -0.39 is 0 Å². The van der Waals surface area contributed by atoms with Gasteiger partial charge in [-0.25, -0.2) is 4.39 Å². The van der Waals surface area contributed by atoms with Crippen LogP contribution in [0.1, 0.15) is 32.1 Å². The molecule has 0 unspecified atom stereocenters. The molecule has 0 saturated heterocycles. The quantitative estimate of drug-likeness (QED) is 0.828. The van der Waals surface area contributed by atoms with E-state index in [2.05, 4.69) is 8.75 Å². The van der Waals surface area contributed by atoms with Gasteiger partial charge in [0.1, 0.15) is 11.4 Å². The predicted octanol–water partition coefficient (Wildman–Crippen LogP) is 4.54. The molecule has 0 aliphatic heterocycles. The van der Waals surface area contributed by atoms with Crippen molar-refractivity contribution in [3.63, 3.8) is 0 Å². The molecule has 0 radical (unpaired) electrons. The Hall–Kier alpha value is -1.14. The molecular weight excluding hydrogens is 307 g/mol. The van der Waals surface area contributed by atoms with Crippen LogP contribution in [0.15, 0.2) is 34.2 Å². The van der Waals surface area contributed by atoms with Crippen molar-refractivity contribution >= 4 is 23.5 Å². The second kappa shape index (κ2) is 5.25. The van der Waals surface area contributed by atoms with Gasteiger partial charge in [0.05, 0.1) is 11.7 Å². The summed E-state index contributed by atoms with van der Waals surface area (Å²) in [5.41, 5.74) is -0.00146. The molecule has 2 aliphatic rings. The summed E-state index contributed by atoms with van der Waals surface area (Å²) in [5, 5.41) is 0.788. The minimum atomic E-state index is -0.228. The maximum Gasteiger partial charge on any atom is 0.261 e. The average molecular weight is 322 g/mol. The first-order valence-electron chi connectivity index (χ1n) is 7.17. The molecule has 6 heteroatoms. The SMILES string of the molecule is Fc1ccc(Sc2nsnc2OC23CCC(CC2)C3)cc1. The minimum Gasteiger partial charge on any atom is -0.468 e. The molecule has 2 fully saturated rings. The number of aromatic nitrogens is 2. The van der Waals surface area contributed by atoms with Crippen LogP contribution in [0, 0.1) is 11.7 Å². The molecule has 0 atom stereocenters. The number of rotatable bonds is 4. The zero-order valence-corrected chi connectivity index (χ0v) is 13.1. The molecular formula is C15H15FN2OS2. The van der Waals surface area contributed by atoms with Crippen molar-refractivity contribution in [1.29, 1.82) is 0 Å². The fraction of sp³-hybridized carbons (Fsp3) is 0.467. The normalized spacial score (nSPS) is 27.2. The Morgan fingerprint density at radius 1 is 1.19 bits per heavy atom. The Morgan fingerprint density at radius 3 is 2.62 bits per heavy atom. The first-order chi connectivity index (χ1) is 10.2. The van der Waals surface area contributed by atoms with Gasteiger partial charge in [0.25, 0.3) is 5.88 Å². The van der Waals surface area contributed by atoms with Crippen LogP contribution in [0.2, 0.25) is 0 Å². The highest BCUT2D eigenvalue weighted by Gasteiger charge is 2.47. The largest absolute Gasteiger partial charge is 0.468 e. The molecule has 1 aromatic heterocycles. The van der Waals surface area contributed by atoms with Crippen LogP contribution in [0.4, 0.5) is 4.39 Å². The number of nitrogens with zero attached hydrogens (tertiary/aromatic N) is 2. The summed E-state index contributed by atoms with van der Waals surface area (Å²) < 4.78 is 27.9. The summed E-state index contributed by atoms with van der Waals surface area (Å²) in [4.78, 5) is 0.946. The maximum absolute atomic E-state index is 13.0. The van der Waals surface area contributed by atoms with Crippen molar-refractivity contribution in [3.05, 3.63) is 30.1 Å². The summed E-state index contributed by atoms with van der Waals surface area (Å²) >= 11 is 2.66. The molecule has 2 bridgehead atoms. The maximum atomic E-state index is 13.0. The Kier molecular flexibility index (Phi) is 3.38. The van der Waals surface area contributed by atoms with Gasteiger partial charge >= 0.3 is 0 Å². The number of fused-ring (bicyclic) bond motifs is 2. The van der Waals surface area contributed by atoms with Gasteiger partial charge in [0.15, 0.2) is 5.03 Å². The molecule has 3 nitrogen and oxygen atoms in total. The van der Waals surface area contributed by atoms with Crippen LogP contribution >= 0.6 is 23.5 Å². The van der Waals surface area contributed by atoms with Gasteiger partial charge in [-0.05, 0) is 62.3 Å². The van der Waals surface area contributed by atoms with Crippen molar-refractivity contribution in [1.82, 2.24) is 8.75 Å². The Balaban J connectivity index is 1.52. The van der Waals surface area contributed by atoms with Crippen LogP contribution < -0.4 is 4.74 Å². The van der Waals surface area contributed by atoms with Crippen LogP contribution in [-0.4, -0.2) is 14.3 Å². The fourth-order valence-electron chi connectivity index (χ4n) is 3.40. The second-order valence-corrected chi connectivity index (χ2v) is 7.45. The molecule has 2 saturated carbocycles. The van der Waals surface area contributed by atoms with Crippen LogP contribution in [-0.2, 0) is 0 Å². The van der Waals surface area contributed by atoms with Crippen molar-refractivity contribution in [2.75, 3.05) is 0 Å². The molecule has 2 aromatic rings. The molecule has 0 amide bonds. The lowest BCUT2D eigenvalue weighted by molar-refractivity contribution is 0.0721. The highest BCUT2D eigenvalue weighted by molar-refractivity contribution is 7.99. The monoisotopic (exact) mass is 322 g/mol. The number of hydrogen-bond donors (Lipinski definition) is 0. The zero-order valence-electron chi connectivity index (χ0n) is 11.4. The Labute approximate surface area is 131 Å². The summed E-state index contributed by atoms with van der Waals surface area (Å²) in [6, 6.07) is 6.42. The minimum absolute atomic E-state index is 0.00146. The second-order valence-electron chi connectivity index (χ2n) is 5.86. The summed E-state index contributed by atoms with van der Waals surface area (Å²) in [7, 11) is 0.